The van der Waals surface area contributed by atoms with E-state index in [-0.39, 0.29) is 5.97 Å². The van der Waals surface area contributed by atoms with E-state index in [1.165, 1.54) is 7.11 Å². The van der Waals surface area contributed by atoms with Gasteiger partial charge in [0, 0.05) is 18.3 Å². The van der Waals surface area contributed by atoms with Crippen LogP contribution in [0.3, 0.4) is 0 Å². The maximum atomic E-state index is 11.6. The van der Waals surface area contributed by atoms with E-state index >= 15 is 0 Å². The van der Waals surface area contributed by atoms with Crippen molar-refractivity contribution in [1.29, 1.82) is 0 Å². The zero-order valence-electron chi connectivity index (χ0n) is 10.8. The van der Waals surface area contributed by atoms with Gasteiger partial charge in [0.2, 0.25) is 0 Å². The third-order valence-corrected chi connectivity index (χ3v) is 3.19. The Bertz CT molecular complexity index is 413. The lowest BCUT2D eigenvalue weighted by Gasteiger charge is -2.36. The summed E-state index contributed by atoms with van der Waals surface area (Å²) in [6.45, 7) is 2.77. The number of methoxy groups -OCH3 is 1. The summed E-state index contributed by atoms with van der Waals surface area (Å²) in [4.78, 5) is 11.6. The lowest BCUT2D eigenvalue weighted by Crippen LogP contribution is -2.41. The molecular weight excluding hydrogens is 230 g/mol. The average molecular weight is 249 g/mol. The Hall–Kier alpha value is -1.55. The van der Waals surface area contributed by atoms with Crippen LogP contribution in [0.15, 0.2) is 24.3 Å². The van der Waals surface area contributed by atoms with Crippen molar-refractivity contribution in [1.82, 2.24) is 0 Å². The Morgan fingerprint density at radius 2 is 2.11 bits per heavy atom. The minimum Gasteiger partial charge on any atom is -0.465 e. The fourth-order valence-electron chi connectivity index (χ4n) is 2.17. The highest BCUT2D eigenvalue weighted by Gasteiger charge is 2.30. The van der Waals surface area contributed by atoms with Crippen molar-refractivity contribution in [2.45, 2.75) is 31.9 Å². The lowest BCUT2D eigenvalue weighted by molar-refractivity contribution is 0.00298. The minimum absolute atomic E-state index is 0.307. The van der Waals surface area contributed by atoms with Crippen LogP contribution in [0.4, 0.5) is 5.69 Å². The van der Waals surface area contributed by atoms with Crippen LogP contribution in [0.1, 0.15) is 30.1 Å². The Balaban J connectivity index is 1.96. The van der Waals surface area contributed by atoms with E-state index in [2.05, 4.69) is 5.32 Å². The van der Waals surface area contributed by atoms with Gasteiger partial charge in [-0.2, -0.15) is 0 Å². The van der Waals surface area contributed by atoms with Gasteiger partial charge in [-0.25, -0.2) is 4.79 Å². The molecule has 4 heteroatoms. The van der Waals surface area contributed by atoms with Crippen LogP contribution in [0.5, 0.6) is 0 Å². The van der Waals surface area contributed by atoms with E-state index < -0.39 is 0 Å². The van der Waals surface area contributed by atoms with Gasteiger partial charge in [-0.05, 0) is 31.9 Å². The van der Waals surface area contributed by atoms with Gasteiger partial charge in [-0.3, -0.25) is 0 Å². The maximum absolute atomic E-state index is 11.6. The normalized spacial score (nSPS) is 22.1. The molecule has 0 amide bonds. The van der Waals surface area contributed by atoms with Crippen LogP contribution in [0, 0.1) is 0 Å². The quantitative estimate of drug-likeness (QED) is 0.814. The zero-order chi connectivity index (χ0) is 13.0. The van der Waals surface area contributed by atoms with Gasteiger partial charge in [0.25, 0.3) is 0 Å². The predicted octanol–water partition coefficient (Wildman–Crippen LogP) is 2.45. The van der Waals surface area contributed by atoms with Gasteiger partial charge in [-0.1, -0.05) is 12.1 Å². The maximum Gasteiger partial charge on any atom is 0.339 e. The van der Waals surface area contributed by atoms with E-state index in [9.17, 15) is 4.79 Å². The van der Waals surface area contributed by atoms with Gasteiger partial charge < -0.3 is 14.8 Å². The van der Waals surface area contributed by atoms with Crippen LogP contribution >= 0.6 is 0 Å². The second-order valence-corrected chi connectivity index (χ2v) is 4.43. The number of anilines is 1. The Morgan fingerprint density at radius 3 is 2.78 bits per heavy atom. The fraction of sp³-hybridized carbons (Fsp3) is 0.500. The largest absolute Gasteiger partial charge is 0.465 e. The van der Waals surface area contributed by atoms with Gasteiger partial charge in [0.05, 0.1) is 18.8 Å². The summed E-state index contributed by atoms with van der Waals surface area (Å²) >= 11 is 0. The van der Waals surface area contributed by atoms with E-state index in [0.717, 1.165) is 25.1 Å². The SMILES string of the molecule is CCOC1CC(Nc2ccccc2C(=O)OC)C1. The molecule has 0 bridgehead atoms. The Labute approximate surface area is 107 Å². The zero-order valence-corrected chi connectivity index (χ0v) is 10.8. The van der Waals surface area contributed by atoms with Crippen molar-refractivity contribution in [3.05, 3.63) is 29.8 Å². The second-order valence-electron chi connectivity index (χ2n) is 4.43. The predicted molar refractivity (Wildman–Crippen MR) is 69.8 cm³/mol. The molecule has 1 aliphatic carbocycles. The fourth-order valence-corrected chi connectivity index (χ4v) is 2.17. The molecule has 0 heterocycles. The monoisotopic (exact) mass is 249 g/mol. The van der Waals surface area contributed by atoms with Crippen LogP contribution < -0.4 is 5.32 Å². The molecule has 4 nitrogen and oxygen atoms in total. The van der Waals surface area contributed by atoms with Crippen LogP contribution in [-0.2, 0) is 9.47 Å². The molecule has 1 aromatic rings. The number of esters is 1. The summed E-state index contributed by atoms with van der Waals surface area (Å²) in [5.74, 6) is -0.307. The summed E-state index contributed by atoms with van der Waals surface area (Å²) in [5.41, 5.74) is 1.42. The molecule has 0 unspecified atom stereocenters. The van der Waals surface area contributed by atoms with Crippen molar-refractivity contribution in [2.75, 3.05) is 19.0 Å². The first-order chi connectivity index (χ1) is 8.74. The topological polar surface area (TPSA) is 47.6 Å². The molecule has 0 saturated heterocycles. The molecule has 0 radical (unpaired) electrons. The molecule has 2 rings (SSSR count). The molecule has 1 N–H and O–H groups in total. The Morgan fingerprint density at radius 1 is 1.39 bits per heavy atom. The summed E-state index contributed by atoms with van der Waals surface area (Å²) in [7, 11) is 1.40. The van der Waals surface area contributed by atoms with E-state index in [4.69, 9.17) is 9.47 Å². The number of carbonyl (C=O) groups is 1. The van der Waals surface area contributed by atoms with Gasteiger partial charge in [0.1, 0.15) is 0 Å². The lowest BCUT2D eigenvalue weighted by atomic mass is 9.89. The summed E-state index contributed by atoms with van der Waals surface area (Å²) in [5, 5.41) is 3.37. The molecule has 1 aromatic carbocycles. The number of hydrogen-bond acceptors (Lipinski definition) is 4. The molecule has 0 atom stereocenters. The number of rotatable bonds is 5. The van der Waals surface area contributed by atoms with Crippen molar-refractivity contribution in [2.24, 2.45) is 0 Å². The highest BCUT2D eigenvalue weighted by atomic mass is 16.5. The number of para-hydroxylation sites is 1. The molecule has 1 fully saturated rings. The second kappa shape index (κ2) is 5.87. The van der Waals surface area contributed by atoms with E-state index in [0.29, 0.717) is 17.7 Å². The Kier molecular flexibility index (Phi) is 4.20. The van der Waals surface area contributed by atoms with Crippen molar-refractivity contribution >= 4 is 11.7 Å². The highest BCUT2D eigenvalue weighted by Crippen LogP contribution is 2.28. The molecule has 0 aromatic heterocycles. The smallest absolute Gasteiger partial charge is 0.339 e. The minimum atomic E-state index is -0.307. The third kappa shape index (κ3) is 2.82. The van der Waals surface area contributed by atoms with Crippen molar-refractivity contribution in [3.8, 4) is 0 Å². The number of benzene rings is 1. The van der Waals surface area contributed by atoms with Crippen molar-refractivity contribution < 1.29 is 14.3 Å². The van der Waals surface area contributed by atoms with Crippen LogP contribution in [0.25, 0.3) is 0 Å². The molecule has 18 heavy (non-hydrogen) atoms. The van der Waals surface area contributed by atoms with E-state index in [1.54, 1.807) is 6.07 Å². The average Bonchev–Trinajstić information content (AvgIpc) is 2.36. The molecule has 98 valence electrons. The first-order valence-corrected chi connectivity index (χ1v) is 6.30. The number of nitrogens with one attached hydrogen (secondary N) is 1. The summed E-state index contributed by atoms with van der Waals surface area (Å²) < 4.78 is 10.3. The number of ether oxygens (including phenoxy) is 2. The van der Waals surface area contributed by atoms with Crippen molar-refractivity contribution in [3.63, 3.8) is 0 Å². The first-order valence-electron chi connectivity index (χ1n) is 6.30. The number of carbonyl (C=O) groups excluding carboxylic acids is 1. The van der Waals surface area contributed by atoms with E-state index in [1.807, 2.05) is 25.1 Å². The first kappa shape index (κ1) is 12.9. The van der Waals surface area contributed by atoms with Gasteiger partial charge >= 0.3 is 5.97 Å². The molecule has 0 aliphatic heterocycles. The molecule has 1 saturated carbocycles. The number of hydrogen-bond donors (Lipinski definition) is 1. The van der Waals surface area contributed by atoms with Crippen LogP contribution in [0.2, 0.25) is 0 Å². The molecule has 1 aliphatic rings. The summed E-state index contributed by atoms with van der Waals surface area (Å²) in [6.07, 6.45) is 2.34. The highest BCUT2D eigenvalue weighted by molar-refractivity contribution is 5.95. The standard InChI is InChI=1S/C14H19NO3/c1-3-18-11-8-10(9-11)15-13-7-5-4-6-12(13)14(16)17-2/h4-7,10-11,15H,3,8-9H2,1-2H3. The summed E-state index contributed by atoms with van der Waals surface area (Å²) in [6, 6.07) is 7.80. The van der Waals surface area contributed by atoms with Crippen LogP contribution in [-0.4, -0.2) is 31.8 Å². The van der Waals surface area contributed by atoms with Gasteiger partial charge in [-0.15, -0.1) is 0 Å². The van der Waals surface area contributed by atoms with Gasteiger partial charge in [0.15, 0.2) is 0 Å². The molecule has 0 spiro atoms. The third-order valence-electron chi connectivity index (χ3n) is 3.19. The molecular formula is C14H19NO3.